The maximum Gasteiger partial charge on any atom is 0.266 e. The van der Waals surface area contributed by atoms with E-state index in [0.717, 1.165) is 5.56 Å². The maximum atomic E-state index is 13.8. The number of carbonyl (C=O) groups is 1. The molecule has 0 spiro atoms. The van der Waals surface area contributed by atoms with E-state index >= 15 is 0 Å². The Bertz CT molecular complexity index is 1230. The average Bonchev–Trinajstić information content (AvgIpc) is 2.76. The second-order valence-electron chi connectivity index (χ2n) is 9.80. The van der Waals surface area contributed by atoms with Crippen molar-refractivity contribution in [3.05, 3.63) is 69.2 Å². The number of nitrogens with zero attached hydrogens (tertiary/aromatic N) is 3. The molecule has 0 aliphatic heterocycles. The molecule has 1 heterocycles. The van der Waals surface area contributed by atoms with Crippen LogP contribution in [0.4, 0.5) is 0 Å². The Labute approximate surface area is 206 Å². The number of hydrogen-bond donors (Lipinski definition) is 0. The second-order valence-corrected chi connectivity index (χ2v) is 10.2. The van der Waals surface area contributed by atoms with E-state index in [4.69, 9.17) is 21.3 Å². The lowest BCUT2D eigenvalue weighted by atomic mass is 9.91. The van der Waals surface area contributed by atoms with Gasteiger partial charge in [-0.3, -0.25) is 14.2 Å². The molecule has 3 aromatic rings. The fourth-order valence-electron chi connectivity index (χ4n) is 4.22. The summed E-state index contributed by atoms with van der Waals surface area (Å²) < 4.78 is 6.97. The van der Waals surface area contributed by atoms with Crippen LogP contribution < -0.4 is 5.56 Å². The van der Waals surface area contributed by atoms with Gasteiger partial charge in [-0.1, -0.05) is 51.4 Å². The Morgan fingerprint density at radius 3 is 2.53 bits per heavy atom. The molecule has 0 saturated carbocycles. The molecule has 0 fully saturated rings. The lowest BCUT2D eigenvalue weighted by Gasteiger charge is -2.34. The average molecular weight is 484 g/mol. The van der Waals surface area contributed by atoms with Gasteiger partial charge in [-0.2, -0.15) is 0 Å². The number of fused-ring (bicyclic) bond motifs is 1. The Morgan fingerprint density at radius 2 is 1.91 bits per heavy atom. The smallest absolute Gasteiger partial charge is 0.266 e. The minimum atomic E-state index is -0.405. The highest BCUT2D eigenvalue weighted by molar-refractivity contribution is 6.30. The summed E-state index contributed by atoms with van der Waals surface area (Å²) in [6.45, 7) is 10.9. The summed E-state index contributed by atoms with van der Waals surface area (Å²) in [5.41, 5.74) is 1.82. The first-order valence-electron chi connectivity index (χ1n) is 11.6. The van der Waals surface area contributed by atoms with E-state index in [1.165, 1.54) is 0 Å². The molecular formula is C27H34ClN3O3. The molecule has 0 radical (unpaired) electrons. The van der Waals surface area contributed by atoms with Crippen LogP contribution in [0.15, 0.2) is 47.3 Å². The molecular weight excluding hydrogens is 450 g/mol. The molecule has 1 amide bonds. The van der Waals surface area contributed by atoms with Crippen molar-refractivity contribution in [1.82, 2.24) is 14.5 Å². The lowest BCUT2D eigenvalue weighted by molar-refractivity contribution is -0.136. The van der Waals surface area contributed by atoms with Crippen LogP contribution in [0, 0.1) is 12.3 Å². The zero-order chi connectivity index (χ0) is 25.0. The number of methoxy groups -OCH3 is 1. The van der Waals surface area contributed by atoms with Crippen molar-refractivity contribution in [2.75, 3.05) is 20.3 Å². The van der Waals surface area contributed by atoms with Gasteiger partial charge >= 0.3 is 0 Å². The van der Waals surface area contributed by atoms with Crippen molar-refractivity contribution in [2.45, 2.75) is 53.5 Å². The normalized spacial score (nSPS) is 12.7. The van der Waals surface area contributed by atoms with Gasteiger partial charge in [-0.25, -0.2) is 4.98 Å². The SMILES string of the molecule is CCC(c1nc2ccccc2c(=O)n1-c1ccc(Cl)cc1C)N(CCOC)C(=O)CC(C)(C)C. The number of amides is 1. The highest BCUT2D eigenvalue weighted by atomic mass is 35.5. The summed E-state index contributed by atoms with van der Waals surface area (Å²) in [6, 6.07) is 12.3. The second kappa shape index (κ2) is 10.7. The molecule has 7 heteroatoms. The minimum absolute atomic E-state index is 0.0122. The van der Waals surface area contributed by atoms with E-state index in [2.05, 4.69) is 0 Å². The number of aromatic nitrogens is 2. The number of halogens is 1. The molecule has 0 N–H and O–H groups in total. The monoisotopic (exact) mass is 483 g/mol. The summed E-state index contributed by atoms with van der Waals surface area (Å²) in [5.74, 6) is 0.549. The predicted octanol–water partition coefficient (Wildman–Crippen LogP) is 5.71. The number of aryl methyl sites for hydroxylation is 1. The van der Waals surface area contributed by atoms with Gasteiger partial charge in [-0.15, -0.1) is 0 Å². The van der Waals surface area contributed by atoms with E-state index in [1.807, 2.05) is 69.9 Å². The van der Waals surface area contributed by atoms with Crippen molar-refractivity contribution < 1.29 is 9.53 Å². The van der Waals surface area contributed by atoms with Gasteiger partial charge in [0.25, 0.3) is 5.56 Å². The van der Waals surface area contributed by atoms with Gasteiger partial charge in [0.15, 0.2) is 0 Å². The molecule has 3 rings (SSSR count). The Balaban J connectivity index is 2.29. The van der Waals surface area contributed by atoms with Gasteiger partial charge in [0, 0.05) is 25.1 Å². The van der Waals surface area contributed by atoms with Crippen molar-refractivity contribution >= 4 is 28.4 Å². The van der Waals surface area contributed by atoms with E-state index < -0.39 is 6.04 Å². The molecule has 2 aromatic carbocycles. The molecule has 1 aromatic heterocycles. The first kappa shape index (κ1) is 25.9. The first-order valence-corrected chi connectivity index (χ1v) is 12.0. The van der Waals surface area contributed by atoms with Crippen LogP contribution in [0.5, 0.6) is 0 Å². The highest BCUT2D eigenvalue weighted by Gasteiger charge is 2.31. The molecule has 0 aliphatic rings. The molecule has 1 unspecified atom stereocenters. The summed E-state index contributed by atoms with van der Waals surface area (Å²) in [5, 5.41) is 1.12. The molecule has 34 heavy (non-hydrogen) atoms. The minimum Gasteiger partial charge on any atom is -0.383 e. The third-order valence-electron chi connectivity index (χ3n) is 5.80. The maximum absolute atomic E-state index is 13.8. The number of rotatable bonds is 8. The summed E-state index contributed by atoms with van der Waals surface area (Å²) in [6.07, 6.45) is 0.974. The zero-order valence-electron chi connectivity index (χ0n) is 20.9. The highest BCUT2D eigenvalue weighted by Crippen LogP contribution is 2.30. The number of para-hydroxylation sites is 1. The van der Waals surface area contributed by atoms with Crippen LogP contribution in [0.2, 0.25) is 5.02 Å². The quantitative estimate of drug-likeness (QED) is 0.411. The molecule has 0 saturated heterocycles. The first-order chi connectivity index (χ1) is 16.1. The Morgan fingerprint density at radius 1 is 1.21 bits per heavy atom. The van der Waals surface area contributed by atoms with E-state index in [-0.39, 0.29) is 16.9 Å². The van der Waals surface area contributed by atoms with E-state index in [9.17, 15) is 9.59 Å². The molecule has 0 aliphatic carbocycles. The standard InChI is InChI=1S/C27H34ClN3O3/c1-7-22(30(14-15-34-6)24(32)17-27(3,4)5)25-29-21-11-9-8-10-20(21)26(33)31(25)23-13-12-19(28)16-18(23)2/h8-13,16,22H,7,14-15,17H2,1-6H3. The largest absolute Gasteiger partial charge is 0.383 e. The molecule has 0 bridgehead atoms. The van der Waals surface area contributed by atoms with Crippen molar-refractivity contribution in [3.8, 4) is 5.69 Å². The Kier molecular flexibility index (Phi) is 8.16. The van der Waals surface area contributed by atoms with Gasteiger partial charge in [0.2, 0.25) is 5.91 Å². The van der Waals surface area contributed by atoms with Gasteiger partial charge in [0.1, 0.15) is 5.82 Å². The van der Waals surface area contributed by atoms with Crippen LogP contribution in [-0.2, 0) is 9.53 Å². The van der Waals surface area contributed by atoms with Crippen LogP contribution in [0.25, 0.3) is 16.6 Å². The summed E-state index contributed by atoms with van der Waals surface area (Å²) >= 11 is 6.21. The zero-order valence-corrected chi connectivity index (χ0v) is 21.6. The lowest BCUT2D eigenvalue weighted by Crippen LogP contribution is -2.41. The number of carbonyl (C=O) groups excluding carboxylic acids is 1. The van der Waals surface area contributed by atoms with Crippen LogP contribution >= 0.6 is 11.6 Å². The number of benzene rings is 2. The topological polar surface area (TPSA) is 64.4 Å². The van der Waals surface area contributed by atoms with Gasteiger partial charge < -0.3 is 9.64 Å². The molecule has 182 valence electrons. The van der Waals surface area contributed by atoms with E-state index in [0.29, 0.717) is 53.4 Å². The van der Waals surface area contributed by atoms with Gasteiger partial charge in [0.05, 0.1) is 29.2 Å². The summed E-state index contributed by atoms with van der Waals surface area (Å²) in [4.78, 5) is 34.1. The summed E-state index contributed by atoms with van der Waals surface area (Å²) in [7, 11) is 1.62. The van der Waals surface area contributed by atoms with E-state index in [1.54, 1.807) is 23.8 Å². The fraction of sp³-hybridized carbons (Fsp3) is 0.444. The number of ether oxygens (including phenoxy) is 1. The third-order valence-corrected chi connectivity index (χ3v) is 6.04. The number of hydrogen-bond acceptors (Lipinski definition) is 4. The third kappa shape index (κ3) is 5.68. The Hall–Kier alpha value is -2.70. The van der Waals surface area contributed by atoms with Crippen LogP contribution in [0.1, 0.15) is 58.0 Å². The van der Waals surface area contributed by atoms with Crippen molar-refractivity contribution in [3.63, 3.8) is 0 Å². The fourth-order valence-corrected chi connectivity index (χ4v) is 4.44. The molecule has 1 atom stereocenters. The van der Waals surface area contributed by atoms with Crippen LogP contribution in [-0.4, -0.2) is 40.6 Å². The van der Waals surface area contributed by atoms with Crippen LogP contribution in [0.3, 0.4) is 0 Å². The van der Waals surface area contributed by atoms with Crippen molar-refractivity contribution in [1.29, 1.82) is 0 Å². The molecule has 6 nitrogen and oxygen atoms in total. The predicted molar refractivity (Wildman–Crippen MR) is 138 cm³/mol. The van der Waals surface area contributed by atoms with Gasteiger partial charge in [-0.05, 0) is 54.7 Å². The van der Waals surface area contributed by atoms with Crippen molar-refractivity contribution in [2.24, 2.45) is 5.41 Å².